The number of carbonyl (C=O) groups excluding carboxylic acids is 1. The first-order valence-corrected chi connectivity index (χ1v) is 7.51. The number of pyridine rings is 1. The van der Waals surface area contributed by atoms with E-state index >= 15 is 0 Å². The molecule has 2 heterocycles. The summed E-state index contributed by atoms with van der Waals surface area (Å²) in [5.41, 5.74) is 7.52. The highest BCUT2D eigenvalue weighted by molar-refractivity contribution is 5.96. The number of carbonyl (C=O) groups is 1. The van der Waals surface area contributed by atoms with Gasteiger partial charge in [-0.25, -0.2) is 15.0 Å². The normalized spacial score (nSPS) is 10.2. The molecule has 3 N–H and O–H groups in total. The van der Waals surface area contributed by atoms with Gasteiger partial charge in [-0.2, -0.15) is 0 Å². The van der Waals surface area contributed by atoms with Crippen molar-refractivity contribution in [3.63, 3.8) is 0 Å². The fraction of sp³-hybridized carbons (Fsp3) is 0.111. The fourth-order valence-electron chi connectivity index (χ4n) is 2.43. The Morgan fingerprint density at radius 1 is 1.32 bits per heavy atom. The number of terminal acetylenes is 1. The van der Waals surface area contributed by atoms with Crippen molar-refractivity contribution < 1.29 is 4.79 Å². The Bertz CT molecular complexity index is 979. The highest BCUT2D eigenvalue weighted by atomic mass is 16.2. The lowest BCUT2D eigenvalue weighted by Gasteiger charge is -2.19. The molecule has 7 heteroatoms. The Labute approximate surface area is 144 Å². The summed E-state index contributed by atoms with van der Waals surface area (Å²) in [6.07, 6.45) is 6.77. The van der Waals surface area contributed by atoms with Crippen molar-refractivity contribution in [3.05, 3.63) is 48.3 Å². The van der Waals surface area contributed by atoms with Gasteiger partial charge in [0.2, 0.25) is 5.91 Å². The third-order valence-corrected chi connectivity index (χ3v) is 3.55. The highest BCUT2D eigenvalue weighted by Gasteiger charge is 2.13. The average molecular weight is 332 g/mol. The number of hydrogen-bond acceptors (Lipinski definition) is 6. The largest absolute Gasteiger partial charge is 0.384 e. The molecule has 2 aromatic heterocycles. The molecule has 0 aliphatic rings. The Morgan fingerprint density at radius 3 is 2.96 bits per heavy atom. The van der Waals surface area contributed by atoms with Gasteiger partial charge in [0.05, 0.1) is 11.9 Å². The summed E-state index contributed by atoms with van der Waals surface area (Å²) in [6, 6.07) is 10.6. The summed E-state index contributed by atoms with van der Waals surface area (Å²) < 4.78 is 0. The third kappa shape index (κ3) is 3.64. The lowest BCUT2D eigenvalue weighted by atomic mass is 10.2. The van der Waals surface area contributed by atoms with Crippen molar-refractivity contribution in [1.29, 1.82) is 0 Å². The Hall–Kier alpha value is -3.66. The first kappa shape index (κ1) is 16.2. The zero-order valence-corrected chi connectivity index (χ0v) is 13.6. The molecule has 0 saturated carbocycles. The van der Waals surface area contributed by atoms with E-state index in [-0.39, 0.29) is 12.5 Å². The van der Waals surface area contributed by atoms with Crippen LogP contribution in [0.1, 0.15) is 5.56 Å². The van der Waals surface area contributed by atoms with E-state index < -0.39 is 0 Å². The van der Waals surface area contributed by atoms with Gasteiger partial charge in [0.15, 0.2) is 5.65 Å². The minimum Gasteiger partial charge on any atom is -0.384 e. The molecule has 3 rings (SSSR count). The Kier molecular flexibility index (Phi) is 4.44. The van der Waals surface area contributed by atoms with E-state index in [9.17, 15) is 4.79 Å². The van der Waals surface area contributed by atoms with Gasteiger partial charge in [-0.3, -0.25) is 4.79 Å². The van der Waals surface area contributed by atoms with Crippen LogP contribution in [0.4, 0.5) is 17.3 Å². The quantitative estimate of drug-likeness (QED) is 0.705. The molecule has 0 spiro atoms. The maximum atomic E-state index is 12.3. The number of nitrogens with two attached hydrogens (primary N) is 1. The van der Waals surface area contributed by atoms with E-state index in [1.807, 2.05) is 0 Å². The SMILES string of the molecule is C#Cc1cccc(NC(=O)CN(C)c2ncnc3nc(N)ccc23)c1. The first-order chi connectivity index (χ1) is 12.1. The van der Waals surface area contributed by atoms with Crippen LogP contribution in [0.15, 0.2) is 42.7 Å². The Balaban J connectivity index is 1.77. The van der Waals surface area contributed by atoms with Crippen LogP contribution in [0, 0.1) is 12.3 Å². The van der Waals surface area contributed by atoms with Crippen LogP contribution in [0.5, 0.6) is 0 Å². The van der Waals surface area contributed by atoms with Crippen molar-refractivity contribution in [2.24, 2.45) is 0 Å². The number of rotatable bonds is 4. The molecule has 1 aromatic carbocycles. The summed E-state index contributed by atoms with van der Waals surface area (Å²) in [5.74, 6) is 3.33. The number of nitrogens with one attached hydrogen (secondary N) is 1. The standard InChI is InChI=1S/C18H16N6O/c1-3-12-5-4-6-13(9-12)22-16(25)10-24(2)18-14-7-8-15(19)23-17(14)20-11-21-18/h1,4-9,11H,10H2,2H3,(H,22,25)(H2,19,20,21,23). The predicted octanol–water partition coefficient (Wildman–Crippen LogP) is 1.66. The summed E-state index contributed by atoms with van der Waals surface area (Å²) in [5, 5.41) is 3.54. The summed E-state index contributed by atoms with van der Waals surface area (Å²) >= 11 is 0. The number of anilines is 3. The molecule has 25 heavy (non-hydrogen) atoms. The molecule has 1 amide bonds. The number of nitrogen functional groups attached to an aromatic ring is 1. The van der Waals surface area contributed by atoms with E-state index in [4.69, 9.17) is 12.2 Å². The first-order valence-electron chi connectivity index (χ1n) is 7.51. The minimum atomic E-state index is -0.188. The number of fused-ring (bicyclic) bond motifs is 1. The van der Waals surface area contributed by atoms with E-state index in [0.717, 1.165) is 5.39 Å². The van der Waals surface area contributed by atoms with Crippen LogP contribution in [0.2, 0.25) is 0 Å². The van der Waals surface area contributed by atoms with Crippen LogP contribution in [0.3, 0.4) is 0 Å². The summed E-state index contributed by atoms with van der Waals surface area (Å²) in [4.78, 5) is 26.5. The molecule has 0 bridgehead atoms. The second-order valence-corrected chi connectivity index (χ2v) is 5.43. The Morgan fingerprint density at radius 2 is 2.16 bits per heavy atom. The lowest BCUT2D eigenvalue weighted by Crippen LogP contribution is -2.30. The van der Waals surface area contributed by atoms with Gasteiger partial charge in [0.25, 0.3) is 0 Å². The lowest BCUT2D eigenvalue weighted by molar-refractivity contribution is -0.114. The van der Waals surface area contributed by atoms with Crippen molar-refractivity contribution in [2.75, 3.05) is 29.5 Å². The van der Waals surface area contributed by atoms with Crippen LogP contribution in [0.25, 0.3) is 11.0 Å². The third-order valence-electron chi connectivity index (χ3n) is 3.55. The molecule has 0 aliphatic carbocycles. The summed E-state index contributed by atoms with van der Waals surface area (Å²) in [7, 11) is 1.77. The number of amides is 1. The van der Waals surface area contributed by atoms with Crippen molar-refractivity contribution in [2.45, 2.75) is 0 Å². The van der Waals surface area contributed by atoms with E-state index in [2.05, 4.69) is 26.2 Å². The maximum Gasteiger partial charge on any atom is 0.243 e. The van der Waals surface area contributed by atoms with Crippen molar-refractivity contribution >= 4 is 34.3 Å². The zero-order valence-electron chi connectivity index (χ0n) is 13.6. The number of nitrogens with zero attached hydrogens (tertiary/aromatic N) is 4. The van der Waals surface area contributed by atoms with Crippen molar-refractivity contribution in [3.8, 4) is 12.3 Å². The average Bonchev–Trinajstić information content (AvgIpc) is 2.60. The summed E-state index contributed by atoms with van der Waals surface area (Å²) in [6.45, 7) is 0.108. The van der Waals surface area contributed by atoms with Crippen LogP contribution in [-0.2, 0) is 4.79 Å². The van der Waals surface area contributed by atoms with Crippen LogP contribution >= 0.6 is 0 Å². The number of aromatic nitrogens is 3. The molecule has 0 saturated heterocycles. The molecule has 0 aliphatic heterocycles. The van der Waals surface area contributed by atoms with Gasteiger partial charge in [-0.15, -0.1) is 6.42 Å². The van der Waals surface area contributed by atoms with Gasteiger partial charge >= 0.3 is 0 Å². The number of hydrogen-bond donors (Lipinski definition) is 2. The van der Waals surface area contributed by atoms with E-state index in [1.165, 1.54) is 6.33 Å². The molecule has 124 valence electrons. The highest BCUT2D eigenvalue weighted by Crippen LogP contribution is 2.21. The molecule has 0 radical (unpaired) electrons. The number of likely N-dealkylation sites (N-methyl/N-ethyl adjacent to an activating group) is 1. The van der Waals surface area contributed by atoms with Gasteiger partial charge in [-0.1, -0.05) is 12.0 Å². The smallest absolute Gasteiger partial charge is 0.243 e. The minimum absolute atomic E-state index is 0.108. The molecule has 0 fully saturated rings. The molecule has 0 atom stereocenters. The topological polar surface area (TPSA) is 97.0 Å². The van der Waals surface area contributed by atoms with Gasteiger partial charge in [-0.05, 0) is 30.3 Å². The van der Waals surface area contributed by atoms with Crippen LogP contribution < -0.4 is 16.0 Å². The van der Waals surface area contributed by atoms with Gasteiger partial charge in [0, 0.05) is 18.3 Å². The fourth-order valence-corrected chi connectivity index (χ4v) is 2.43. The van der Waals surface area contributed by atoms with E-state index in [0.29, 0.717) is 28.5 Å². The van der Waals surface area contributed by atoms with Crippen molar-refractivity contribution in [1.82, 2.24) is 15.0 Å². The molecular formula is C18H16N6O. The zero-order chi connectivity index (χ0) is 17.8. The molecule has 3 aromatic rings. The van der Waals surface area contributed by atoms with Gasteiger partial charge < -0.3 is 16.0 Å². The predicted molar refractivity (Wildman–Crippen MR) is 98.0 cm³/mol. The monoisotopic (exact) mass is 332 g/mol. The molecule has 0 unspecified atom stereocenters. The molecule has 7 nitrogen and oxygen atoms in total. The molecular weight excluding hydrogens is 316 g/mol. The van der Waals surface area contributed by atoms with E-state index in [1.54, 1.807) is 48.3 Å². The maximum absolute atomic E-state index is 12.3. The number of benzene rings is 1. The second-order valence-electron chi connectivity index (χ2n) is 5.43. The van der Waals surface area contributed by atoms with Gasteiger partial charge in [0.1, 0.15) is 18.0 Å². The second kappa shape index (κ2) is 6.84. The van der Waals surface area contributed by atoms with Crippen LogP contribution in [-0.4, -0.2) is 34.5 Å².